The van der Waals surface area contributed by atoms with Crippen molar-refractivity contribution in [3.63, 3.8) is 0 Å². The fourth-order valence-corrected chi connectivity index (χ4v) is 4.11. The lowest BCUT2D eigenvalue weighted by molar-refractivity contribution is -0.228. The third-order valence-corrected chi connectivity index (χ3v) is 5.66. The van der Waals surface area contributed by atoms with Crippen LogP contribution in [0.4, 0.5) is 5.95 Å². The summed E-state index contributed by atoms with van der Waals surface area (Å²) in [5.74, 6) is 0.722. The van der Waals surface area contributed by atoms with Gasteiger partial charge in [-0.05, 0) is 43.6 Å². The summed E-state index contributed by atoms with van der Waals surface area (Å²) in [6, 6.07) is 0. The molecule has 1 amide bonds. The number of aromatic nitrogens is 2. The van der Waals surface area contributed by atoms with Crippen LogP contribution in [0.5, 0.6) is 0 Å². The Labute approximate surface area is 142 Å². The molecule has 1 aliphatic heterocycles. The lowest BCUT2D eigenvalue weighted by Crippen LogP contribution is -2.60. The Morgan fingerprint density at radius 1 is 1.08 bits per heavy atom. The van der Waals surface area contributed by atoms with Crippen LogP contribution in [0.3, 0.4) is 0 Å². The van der Waals surface area contributed by atoms with Crippen LogP contribution in [-0.2, 0) is 14.3 Å². The molecule has 2 heterocycles. The normalized spacial score (nSPS) is 26.8. The maximum absolute atomic E-state index is 12.6. The third kappa shape index (κ3) is 3.05. The number of rotatable bonds is 3. The van der Waals surface area contributed by atoms with Gasteiger partial charge in [0.15, 0.2) is 6.10 Å². The maximum Gasteiger partial charge on any atom is 0.258 e. The van der Waals surface area contributed by atoms with Crippen LogP contribution in [0.15, 0.2) is 12.4 Å². The van der Waals surface area contributed by atoms with Gasteiger partial charge >= 0.3 is 0 Å². The van der Waals surface area contributed by atoms with Crippen LogP contribution in [-0.4, -0.2) is 40.8 Å². The smallest absolute Gasteiger partial charge is 0.258 e. The highest BCUT2D eigenvalue weighted by Gasteiger charge is 2.51. The molecule has 1 N–H and O–H groups in total. The molecular formula is C18H25N3O3. The van der Waals surface area contributed by atoms with Crippen molar-refractivity contribution in [3.8, 4) is 0 Å². The Morgan fingerprint density at radius 2 is 1.83 bits per heavy atom. The molecule has 0 radical (unpaired) electrons. The van der Waals surface area contributed by atoms with E-state index in [-0.39, 0.29) is 5.91 Å². The Morgan fingerprint density at radius 3 is 2.50 bits per heavy atom. The topological polar surface area (TPSA) is 73.3 Å². The summed E-state index contributed by atoms with van der Waals surface area (Å²) in [5, 5.41) is 2.80. The van der Waals surface area contributed by atoms with E-state index in [1.807, 2.05) is 12.4 Å². The van der Waals surface area contributed by atoms with Gasteiger partial charge in [0.1, 0.15) is 5.60 Å². The molecule has 0 aromatic carbocycles. The van der Waals surface area contributed by atoms with E-state index in [4.69, 9.17) is 9.47 Å². The summed E-state index contributed by atoms with van der Waals surface area (Å²) in [5.41, 5.74) is 0.755. The molecule has 2 aliphatic carbocycles. The van der Waals surface area contributed by atoms with Crippen molar-refractivity contribution in [1.29, 1.82) is 0 Å². The summed E-state index contributed by atoms with van der Waals surface area (Å²) in [6.45, 7) is 1.03. The standard InChI is InChI=1S/C18H25N3O3/c22-16(15-18(7-4-8-18)24-10-9-23-15)21-17-19-11-14(12-20-17)13-5-2-1-3-6-13/h11-13,15H,1-10H2,(H,19,20,21,22). The van der Waals surface area contributed by atoms with Gasteiger partial charge in [0.05, 0.1) is 13.2 Å². The molecule has 6 nitrogen and oxygen atoms in total. The van der Waals surface area contributed by atoms with Crippen LogP contribution in [0.2, 0.25) is 0 Å². The van der Waals surface area contributed by atoms with E-state index in [9.17, 15) is 4.79 Å². The average Bonchev–Trinajstić information content (AvgIpc) is 2.61. The fourth-order valence-electron chi connectivity index (χ4n) is 4.11. The number of nitrogens with zero attached hydrogens (tertiary/aromatic N) is 2. The Kier molecular flexibility index (Phi) is 4.50. The molecule has 1 unspecified atom stereocenters. The zero-order valence-electron chi connectivity index (χ0n) is 14.0. The van der Waals surface area contributed by atoms with Crippen molar-refractivity contribution >= 4 is 11.9 Å². The number of carbonyl (C=O) groups excluding carboxylic acids is 1. The summed E-state index contributed by atoms with van der Waals surface area (Å²) < 4.78 is 11.5. The lowest BCUT2D eigenvalue weighted by Gasteiger charge is -2.48. The maximum atomic E-state index is 12.6. The Hall–Kier alpha value is -1.53. The minimum Gasteiger partial charge on any atom is -0.369 e. The highest BCUT2D eigenvalue weighted by Crippen LogP contribution is 2.42. The zero-order valence-corrected chi connectivity index (χ0v) is 14.0. The second-order valence-corrected chi connectivity index (χ2v) is 7.18. The van der Waals surface area contributed by atoms with E-state index in [1.54, 1.807) is 0 Å². The van der Waals surface area contributed by atoms with E-state index in [0.29, 0.717) is 25.1 Å². The molecule has 1 atom stereocenters. The van der Waals surface area contributed by atoms with E-state index >= 15 is 0 Å². The number of amides is 1. The summed E-state index contributed by atoms with van der Waals surface area (Å²) in [7, 11) is 0. The van der Waals surface area contributed by atoms with Crippen molar-refractivity contribution in [1.82, 2.24) is 9.97 Å². The largest absolute Gasteiger partial charge is 0.369 e. The molecule has 2 saturated carbocycles. The van der Waals surface area contributed by atoms with E-state index in [1.165, 1.54) is 37.7 Å². The van der Waals surface area contributed by atoms with Crippen molar-refractivity contribution in [2.45, 2.75) is 69.0 Å². The van der Waals surface area contributed by atoms with Gasteiger partial charge in [-0.3, -0.25) is 10.1 Å². The molecule has 1 spiro atoms. The minimum absolute atomic E-state index is 0.195. The lowest BCUT2D eigenvalue weighted by atomic mass is 9.75. The van der Waals surface area contributed by atoms with Crippen molar-refractivity contribution in [2.75, 3.05) is 18.5 Å². The predicted octanol–water partition coefficient (Wildman–Crippen LogP) is 2.80. The molecule has 0 bridgehead atoms. The number of hydrogen-bond acceptors (Lipinski definition) is 5. The van der Waals surface area contributed by atoms with Crippen LogP contribution in [0.25, 0.3) is 0 Å². The van der Waals surface area contributed by atoms with E-state index < -0.39 is 11.7 Å². The number of ether oxygens (including phenoxy) is 2. The van der Waals surface area contributed by atoms with Gasteiger partial charge in [-0.25, -0.2) is 9.97 Å². The molecule has 3 fully saturated rings. The molecule has 1 aromatic heterocycles. The molecule has 4 rings (SSSR count). The van der Waals surface area contributed by atoms with Crippen LogP contribution in [0.1, 0.15) is 62.8 Å². The van der Waals surface area contributed by atoms with Gasteiger partial charge in [-0.15, -0.1) is 0 Å². The highest BCUT2D eigenvalue weighted by molar-refractivity contribution is 5.93. The molecule has 130 valence electrons. The predicted molar refractivity (Wildman–Crippen MR) is 88.8 cm³/mol. The summed E-state index contributed by atoms with van der Waals surface area (Å²) in [6.07, 6.45) is 12.3. The van der Waals surface area contributed by atoms with Crippen LogP contribution < -0.4 is 5.32 Å². The minimum atomic E-state index is -0.554. The molecule has 1 saturated heterocycles. The molecule has 24 heavy (non-hydrogen) atoms. The van der Waals surface area contributed by atoms with Crippen molar-refractivity contribution in [3.05, 3.63) is 18.0 Å². The summed E-state index contributed by atoms with van der Waals surface area (Å²) >= 11 is 0. The van der Waals surface area contributed by atoms with Gasteiger partial charge in [0.25, 0.3) is 5.91 Å². The van der Waals surface area contributed by atoms with E-state index in [2.05, 4.69) is 15.3 Å². The summed E-state index contributed by atoms with van der Waals surface area (Å²) in [4.78, 5) is 21.2. The first-order valence-electron chi connectivity index (χ1n) is 9.15. The Balaban J connectivity index is 1.40. The molecule has 1 aromatic rings. The van der Waals surface area contributed by atoms with Crippen molar-refractivity contribution < 1.29 is 14.3 Å². The third-order valence-electron chi connectivity index (χ3n) is 5.66. The number of hydrogen-bond donors (Lipinski definition) is 1. The monoisotopic (exact) mass is 331 g/mol. The quantitative estimate of drug-likeness (QED) is 0.922. The molecule has 6 heteroatoms. The first kappa shape index (κ1) is 16.0. The molecule has 3 aliphatic rings. The number of nitrogens with one attached hydrogen (secondary N) is 1. The van der Waals surface area contributed by atoms with Gasteiger partial charge in [0, 0.05) is 12.4 Å². The first-order valence-corrected chi connectivity index (χ1v) is 9.15. The van der Waals surface area contributed by atoms with Crippen LogP contribution in [0, 0.1) is 0 Å². The number of carbonyl (C=O) groups is 1. The van der Waals surface area contributed by atoms with E-state index in [0.717, 1.165) is 19.3 Å². The zero-order chi connectivity index (χ0) is 16.4. The Bertz CT molecular complexity index is 580. The fraction of sp³-hybridized carbons (Fsp3) is 0.722. The SMILES string of the molecule is O=C(Nc1ncc(C2CCCCC2)cn1)C1OCCOC12CCC2. The molecular weight excluding hydrogens is 306 g/mol. The van der Waals surface area contributed by atoms with Gasteiger partial charge in [-0.1, -0.05) is 19.3 Å². The first-order chi connectivity index (χ1) is 11.8. The average molecular weight is 331 g/mol. The van der Waals surface area contributed by atoms with Gasteiger partial charge < -0.3 is 9.47 Å². The van der Waals surface area contributed by atoms with Gasteiger partial charge in [-0.2, -0.15) is 0 Å². The van der Waals surface area contributed by atoms with Gasteiger partial charge in [0.2, 0.25) is 5.95 Å². The second kappa shape index (κ2) is 6.76. The highest BCUT2D eigenvalue weighted by atomic mass is 16.6. The van der Waals surface area contributed by atoms with Crippen LogP contribution >= 0.6 is 0 Å². The second-order valence-electron chi connectivity index (χ2n) is 7.18. The number of anilines is 1. The van der Waals surface area contributed by atoms with Crippen molar-refractivity contribution in [2.24, 2.45) is 0 Å².